The second-order valence-electron chi connectivity index (χ2n) is 5.84. The Morgan fingerprint density at radius 1 is 0.962 bits per heavy atom. The standard InChI is InChI=1S/C20H22N2O4/c1-14(23)3-4-15-5-11-18(12-6-15)26-13-19(24)22-17-9-7-16(8-10-17)20(25)21-2/h5-12H,3-4,13H2,1-2H3,(H,21,25)(H,22,24). The molecule has 0 fully saturated rings. The van der Waals surface area contributed by atoms with Gasteiger partial charge in [-0.2, -0.15) is 0 Å². The number of carbonyl (C=O) groups excluding carboxylic acids is 3. The zero-order valence-electron chi connectivity index (χ0n) is 14.9. The molecule has 6 heteroatoms. The molecule has 2 amide bonds. The molecule has 2 aromatic carbocycles. The first-order valence-electron chi connectivity index (χ1n) is 8.31. The molecule has 0 saturated carbocycles. The number of benzene rings is 2. The van der Waals surface area contributed by atoms with Crippen molar-refractivity contribution in [1.82, 2.24) is 5.32 Å². The van der Waals surface area contributed by atoms with Gasteiger partial charge in [0.15, 0.2) is 6.61 Å². The van der Waals surface area contributed by atoms with Crippen LogP contribution in [-0.2, 0) is 16.0 Å². The molecule has 2 N–H and O–H groups in total. The number of carbonyl (C=O) groups is 3. The number of anilines is 1. The highest BCUT2D eigenvalue weighted by atomic mass is 16.5. The Labute approximate surface area is 152 Å². The molecule has 2 aromatic rings. The number of hydrogen-bond acceptors (Lipinski definition) is 4. The van der Waals surface area contributed by atoms with Crippen LogP contribution >= 0.6 is 0 Å². The molecule has 0 aliphatic heterocycles. The summed E-state index contributed by atoms with van der Waals surface area (Å²) >= 11 is 0. The Kier molecular flexibility index (Phi) is 6.91. The van der Waals surface area contributed by atoms with E-state index in [2.05, 4.69) is 10.6 Å². The van der Waals surface area contributed by atoms with Crippen molar-refractivity contribution in [2.75, 3.05) is 19.0 Å². The predicted octanol–water partition coefficient (Wildman–Crippen LogP) is 2.59. The quantitative estimate of drug-likeness (QED) is 0.763. The van der Waals surface area contributed by atoms with Crippen LogP contribution in [0, 0.1) is 0 Å². The number of hydrogen-bond donors (Lipinski definition) is 2. The molecule has 0 bridgehead atoms. The van der Waals surface area contributed by atoms with Crippen LogP contribution in [-0.4, -0.2) is 31.3 Å². The first-order valence-corrected chi connectivity index (χ1v) is 8.31. The van der Waals surface area contributed by atoms with Crippen molar-refractivity contribution in [2.24, 2.45) is 0 Å². The first kappa shape index (κ1) is 19.2. The SMILES string of the molecule is CNC(=O)c1ccc(NC(=O)COc2ccc(CCC(C)=O)cc2)cc1. The molecule has 6 nitrogen and oxygen atoms in total. The highest BCUT2D eigenvalue weighted by Crippen LogP contribution is 2.14. The lowest BCUT2D eigenvalue weighted by Gasteiger charge is -2.09. The van der Waals surface area contributed by atoms with Crippen molar-refractivity contribution < 1.29 is 19.1 Å². The van der Waals surface area contributed by atoms with E-state index in [1.807, 2.05) is 12.1 Å². The third-order valence-electron chi connectivity index (χ3n) is 3.72. The van der Waals surface area contributed by atoms with E-state index in [9.17, 15) is 14.4 Å². The Morgan fingerprint density at radius 3 is 2.19 bits per heavy atom. The van der Waals surface area contributed by atoms with Crippen molar-refractivity contribution in [1.29, 1.82) is 0 Å². The largest absolute Gasteiger partial charge is 0.484 e. The van der Waals surface area contributed by atoms with Gasteiger partial charge in [-0.1, -0.05) is 12.1 Å². The Balaban J connectivity index is 1.81. The molecular weight excluding hydrogens is 332 g/mol. The Bertz CT molecular complexity index is 767. The average Bonchev–Trinajstić information content (AvgIpc) is 2.65. The molecule has 26 heavy (non-hydrogen) atoms. The molecule has 0 aliphatic rings. The van der Waals surface area contributed by atoms with E-state index in [4.69, 9.17) is 4.74 Å². The van der Waals surface area contributed by atoms with E-state index < -0.39 is 0 Å². The average molecular weight is 354 g/mol. The monoisotopic (exact) mass is 354 g/mol. The molecule has 0 saturated heterocycles. The van der Waals surface area contributed by atoms with Crippen LogP contribution in [0.25, 0.3) is 0 Å². The summed E-state index contributed by atoms with van der Waals surface area (Å²) in [6.07, 6.45) is 1.21. The predicted molar refractivity (Wildman–Crippen MR) is 99.4 cm³/mol. The van der Waals surface area contributed by atoms with Gasteiger partial charge in [0.25, 0.3) is 11.8 Å². The molecule has 0 unspecified atom stereocenters. The molecular formula is C20H22N2O4. The maximum atomic E-state index is 12.0. The van der Waals surface area contributed by atoms with Crippen LogP contribution in [0.5, 0.6) is 5.75 Å². The minimum atomic E-state index is -0.293. The summed E-state index contributed by atoms with van der Waals surface area (Å²) in [6.45, 7) is 1.45. The number of ketones is 1. The maximum Gasteiger partial charge on any atom is 0.262 e. The van der Waals surface area contributed by atoms with Gasteiger partial charge in [-0.25, -0.2) is 0 Å². The van der Waals surface area contributed by atoms with E-state index in [1.165, 1.54) is 0 Å². The fourth-order valence-electron chi connectivity index (χ4n) is 2.27. The van der Waals surface area contributed by atoms with Gasteiger partial charge >= 0.3 is 0 Å². The number of amides is 2. The zero-order chi connectivity index (χ0) is 18.9. The van der Waals surface area contributed by atoms with Crippen LogP contribution in [0.1, 0.15) is 29.3 Å². The van der Waals surface area contributed by atoms with Crippen LogP contribution < -0.4 is 15.4 Å². The second kappa shape index (κ2) is 9.36. The Hall–Kier alpha value is -3.15. The highest BCUT2D eigenvalue weighted by Gasteiger charge is 2.06. The van der Waals surface area contributed by atoms with E-state index in [-0.39, 0.29) is 24.2 Å². The molecule has 2 rings (SSSR count). The van der Waals surface area contributed by atoms with Gasteiger partial charge in [-0.15, -0.1) is 0 Å². The van der Waals surface area contributed by atoms with Crippen molar-refractivity contribution in [3.63, 3.8) is 0 Å². The van der Waals surface area contributed by atoms with Crippen molar-refractivity contribution in [2.45, 2.75) is 19.8 Å². The van der Waals surface area contributed by atoms with Crippen LogP contribution in [0.2, 0.25) is 0 Å². The normalized spacial score (nSPS) is 10.1. The lowest BCUT2D eigenvalue weighted by molar-refractivity contribution is -0.118. The van der Waals surface area contributed by atoms with Gasteiger partial charge in [0, 0.05) is 24.7 Å². The fourth-order valence-corrected chi connectivity index (χ4v) is 2.27. The number of rotatable bonds is 8. The second-order valence-corrected chi connectivity index (χ2v) is 5.84. The third kappa shape index (κ3) is 6.05. The summed E-state index contributed by atoms with van der Waals surface area (Å²) in [5.41, 5.74) is 2.16. The van der Waals surface area contributed by atoms with Crippen molar-refractivity contribution in [3.8, 4) is 5.75 Å². The minimum absolute atomic E-state index is 0.121. The van der Waals surface area contributed by atoms with Crippen molar-refractivity contribution >= 4 is 23.3 Å². The number of Topliss-reactive ketones (excluding diaryl/α,β-unsaturated/α-hetero) is 1. The highest BCUT2D eigenvalue weighted by molar-refractivity contribution is 5.95. The van der Waals surface area contributed by atoms with E-state index in [0.717, 1.165) is 5.56 Å². The summed E-state index contributed by atoms with van der Waals surface area (Å²) in [4.78, 5) is 34.4. The zero-order valence-corrected chi connectivity index (χ0v) is 14.9. The summed E-state index contributed by atoms with van der Waals surface area (Å²) < 4.78 is 5.46. The third-order valence-corrected chi connectivity index (χ3v) is 3.72. The first-order chi connectivity index (χ1) is 12.5. The molecule has 136 valence electrons. The van der Waals surface area contributed by atoms with Crippen LogP contribution in [0.15, 0.2) is 48.5 Å². The molecule has 0 spiro atoms. The molecule has 0 aromatic heterocycles. The lowest BCUT2D eigenvalue weighted by atomic mass is 10.1. The fraction of sp³-hybridized carbons (Fsp3) is 0.250. The minimum Gasteiger partial charge on any atom is -0.484 e. The van der Waals surface area contributed by atoms with Gasteiger partial charge in [-0.05, 0) is 55.3 Å². The van der Waals surface area contributed by atoms with Gasteiger partial charge in [0.1, 0.15) is 11.5 Å². The van der Waals surface area contributed by atoms with Gasteiger partial charge in [0.05, 0.1) is 0 Å². The van der Waals surface area contributed by atoms with Crippen molar-refractivity contribution in [3.05, 3.63) is 59.7 Å². The van der Waals surface area contributed by atoms with Crippen LogP contribution in [0.4, 0.5) is 5.69 Å². The summed E-state index contributed by atoms with van der Waals surface area (Å²) in [6, 6.07) is 13.9. The lowest BCUT2D eigenvalue weighted by Crippen LogP contribution is -2.20. The number of ether oxygens (including phenoxy) is 1. The van der Waals surface area contributed by atoms with Gasteiger partial charge in [0.2, 0.25) is 0 Å². The van der Waals surface area contributed by atoms with E-state index >= 15 is 0 Å². The summed E-state index contributed by atoms with van der Waals surface area (Å²) in [5, 5.41) is 5.24. The Morgan fingerprint density at radius 2 is 1.62 bits per heavy atom. The van der Waals surface area contributed by atoms with Gasteiger partial charge in [-0.3, -0.25) is 9.59 Å². The van der Waals surface area contributed by atoms with Gasteiger partial charge < -0.3 is 20.2 Å². The number of aryl methyl sites for hydroxylation is 1. The van der Waals surface area contributed by atoms with E-state index in [1.54, 1.807) is 50.4 Å². The maximum absolute atomic E-state index is 12.0. The molecule has 0 radical (unpaired) electrons. The number of nitrogens with one attached hydrogen (secondary N) is 2. The van der Waals surface area contributed by atoms with E-state index in [0.29, 0.717) is 29.8 Å². The van der Waals surface area contributed by atoms with Crippen LogP contribution in [0.3, 0.4) is 0 Å². The topological polar surface area (TPSA) is 84.5 Å². The molecule has 0 atom stereocenters. The summed E-state index contributed by atoms with van der Waals surface area (Å²) in [7, 11) is 1.56. The molecule has 0 aliphatic carbocycles. The summed E-state index contributed by atoms with van der Waals surface area (Å²) in [5.74, 6) is 0.267. The molecule has 0 heterocycles. The smallest absolute Gasteiger partial charge is 0.262 e.